The third-order valence-corrected chi connectivity index (χ3v) is 6.25. The molecule has 27 heavy (non-hydrogen) atoms. The number of likely N-dealkylation sites (tertiary alicyclic amines) is 1. The zero-order valence-electron chi connectivity index (χ0n) is 15.3. The van der Waals surface area contributed by atoms with Crippen LogP contribution in [0.15, 0.2) is 12.1 Å². The topological polar surface area (TPSA) is 84.7 Å². The van der Waals surface area contributed by atoms with Crippen LogP contribution in [0.4, 0.5) is 10.5 Å². The number of carbonyl (C=O) groups excluding carboxylic acids is 3. The Bertz CT molecular complexity index is 922. The van der Waals surface area contributed by atoms with Crippen molar-refractivity contribution in [3.05, 3.63) is 28.3 Å². The highest BCUT2D eigenvalue weighted by Crippen LogP contribution is 2.44. The molecule has 2 unspecified atom stereocenters. The third kappa shape index (κ3) is 2.29. The first-order chi connectivity index (χ1) is 12.8. The van der Waals surface area contributed by atoms with E-state index in [0.717, 1.165) is 4.90 Å². The van der Waals surface area contributed by atoms with E-state index in [9.17, 15) is 14.4 Å². The van der Waals surface area contributed by atoms with Crippen molar-refractivity contribution in [1.82, 2.24) is 9.80 Å². The van der Waals surface area contributed by atoms with Crippen molar-refractivity contribution < 1.29 is 14.4 Å². The Morgan fingerprint density at radius 1 is 1.33 bits per heavy atom. The summed E-state index contributed by atoms with van der Waals surface area (Å²) in [5.41, 5.74) is 1.21. The van der Waals surface area contributed by atoms with Crippen molar-refractivity contribution in [1.29, 1.82) is 5.26 Å². The molecule has 7 nitrogen and oxygen atoms in total. The van der Waals surface area contributed by atoms with Crippen molar-refractivity contribution in [2.75, 3.05) is 11.4 Å². The van der Waals surface area contributed by atoms with Gasteiger partial charge in [-0.15, -0.1) is 0 Å². The minimum Gasteiger partial charge on any atom is -0.335 e. The maximum Gasteiger partial charge on any atom is 0.332 e. The number of halogens is 1. The van der Waals surface area contributed by atoms with Crippen molar-refractivity contribution in [3.8, 4) is 6.07 Å². The standard InChI is InChI=1S/C19H19ClN4O3/c1-9(2)17(25)22-8-12-6-14(22)16-18(26)24(19(27)23(12)16)13-5-4-11(7-21)15(20)10(13)3/h4-5,9,12,14,16H,6,8H2,1-3H3/t12-,14?,16?/m1/s1. The van der Waals surface area contributed by atoms with Crippen LogP contribution >= 0.6 is 11.6 Å². The number of imide groups is 1. The minimum absolute atomic E-state index is 0.0125. The Labute approximate surface area is 162 Å². The highest BCUT2D eigenvalue weighted by Gasteiger charge is 2.63. The van der Waals surface area contributed by atoms with Crippen LogP contribution < -0.4 is 4.90 Å². The van der Waals surface area contributed by atoms with Crippen LogP contribution in [0.5, 0.6) is 0 Å². The van der Waals surface area contributed by atoms with Gasteiger partial charge < -0.3 is 9.80 Å². The molecule has 0 radical (unpaired) electrons. The molecule has 4 amide bonds. The molecule has 3 atom stereocenters. The molecular formula is C19H19ClN4O3. The normalized spacial score (nSPS) is 26.2. The second-order valence-corrected chi connectivity index (χ2v) is 7.97. The maximum atomic E-state index is 13.2. The predicted octanol–water partition coefficient (Wildman–Crippen LogP) is 2.30. The van der Waals surface area contributed by atoms with Gasteiger partial charge in [-0.2, -0.15) is 5.26 Å². The van der Waals surface area contributed by atoms with Gasteiger partial charge in [-0.1, -0.05) is 25.4 Å². The summed E-state index contributed by atoms with van der Waals surface area (Å²) in [6, 6.07) is 3.65. The van der Waals surface area contributed by atoms with Gasteiger partial charge in [-0.3, -0.25) is 9.59 Å². The summed E-state index contributed by atoms with van der Waals surface area (Å²) in [6.45, 7) is 5.83. The number of benzene rings is 1. The maximum absolute atomic E-state index is 13.2. The summed E-state index contributed by atoms with van der Waals surface area (Å²) >= 11 is 6.22. The molecule has 3 heterocycles. The summed E-state index contributed by atoms with van der Waals surface area (Å²) in [5.74, 6) is -0.475. The second kappa shape index (κ2) is 5.96. The van der Waals surface area contributed by atoms with Crippen molar-refractivity contribution in [2.24, 2.45) is 5.92 Å². The first-order valence-electron chi connectivity index (χ1n) is 8.93. The molecule has 1 aromatic rings. The molecule has 1 aromatic carbocycles. The average molecular weight is 387 g/mol. The Balaban J connectivity index is 1.70. The predicted molar refractivity (Wildman–Crippen MR) is 98.2 cm³/mol. The first-order valence-corrected chi connectivity index (χ1v) is 9.31. The summed E-state index contributed by atoms with van der Waals surface area (Å²) < 4.78 is 0. The summed E-state index contributed by atoms with van der Waals surface area (Å²) in [4.78, 5) is 43.2. The van der Waals surface area contributed by atoms with E-state index in [1.807, 2.05) is 19.9 Å². The van der Waals surface area contributed by atoms with Crippen molar-refractivity contribution in [3.63, 3.8) is 0 Å². The van der Waals surface area contributed by atoms with E-state index in [1.54, 1.807) is 22.8 Å². The number of urea groups is 1. The molecule has 3 aliphatic rings. The lowest BCUT2D eigenvalue weighted by molar-refractivity contribution is -0.138. The minimum atomic E-state index is -0.646. The van der Waals surface area contributed by atoms with E-state index < -0.39 is 6.04 Å². The van der Waals surface area contributed by atoms with Gasteiger partial charge in [0.2, 0.25) is 5.91 Å². The summed E-state index contributed by atoms with van der Waals surface area (Å²) in [5, 5.41) is 9.35. The van der Waals surface area contributed by atoms with Crippen LogP contribution in [0.3, 0.4) is 0 Å². The fraction of sp³-hybridized carbons (Fsp3) is 0.474. The highest BCUT2D eigenvalue weighted by molar-refractivity contribution is 6.33. The number of hydrogen-bond donors (Lipinski definition) is 0. The Morgan fingerprint density at radius 2 is 2.04 bits per heavy atom. The van der Waals surface area contributed by atoms with Gasteiger partial charge in [0, 0.05) is 12.5 Å². The second-order valence-electron chi connectivity index (χ2n) is 7.59. The van der Waals surface area contributed by atoms with Gasteiger partial charge in [0.1, 0.15) is 12.1 Å². The smallest absolute Gasteiger partial charge is 0.332 e. The molecule has 0 aromatic heterocycles. The number of nitrogens with zero attached hydrogens (tertiary/aromatic N) is 4. The van der Waals surface area contributed by atoms with E-state index in [2.05, 4.69) is 0 Å². The van der Waals surface area contributed by atoms with Crippen LogP contribution in [0.1, 0.15) is 31.4 Å². The number of hydrogen-bond acceptors (Lipinski definition) is 4. The summed E-state index contributed by atoms with van der Waals surface area (Å²) in [7, 11) is 0. The highest BCUT2D eigenvalue weighted by atomic mass is 35.5. The lowest BCUT2D eigenvalue weighted by Gasteiger charge is -2.35. The molecule has 4 rings (SSSR count). The monoisotopic (exact) mass is 386 g/mol. The summed E-state index contributed by atoms with van der Waals surface area (Å²) in [6.07, 6.45) is 0.640. The molecule has 0 N–H and O–H groups in total. The average Bonchev–Trinajstić information content (AvgIpc) is 3.29. The number of fused-ring (bicyclic) bond motifs is 5. The fourth-order valence-electron chi connectivity index (χ4n) is 4.47. The molecule has 3 saturated heterocycles. The lowest BCUT2D eigenvalue weighted by Crippen LogP contribution is -2.55. The van der Waals surface area contributed by atoms with Crippen LogP contribution in [-0.4, -0.2) is 52.3 Å². The number of piperazine rings is 1. The number of rotatable bonds is 2. The van der Waals surface area contributed by atoms with Gasteiger partial charge in [0.05, 0.1) is 28.4 Å². The molecule has 0 saturated carbocycles. The van der Waals surface area contributed by atoms with Gasteiger partial charge in [0.25, 0.3) is 5.91 Å². The van der Waals surface area contributed by atoms with Crippen LogP contribution in [-0.2, 0) is 9.59 Å². The molecule has 3 aliphatic heterocycles. The molecule has 8 heteroatoms. The van der Waals surface area contributed by atoms with Crippen molar-refractivity contribution >= 4 is 35.1 Å². The molecule has 0 spiro atoms. The number of anilines is 1. The molecular weight excluding hydrogens is 368 g/mol. The first kappa shape index (κ1) is 17.8. The SMILES string of the molecule is Cc1c(N2C(=O)C3C4C[C@H](CN4C(=O)C(C)C)N3C2=O)ccc(C#N)c1Cl. The Morgan fingerprint density at radius 3 is 2.67 bits per heavy atom. The Hall–Kier alpha value is -2.59. The number of carbonyl (C=O) groups is 3. The van der Waals surface area contributed by atoms with Crippen LogP contribution in [0, 0.1) is 24.2 Å². The van der Waals surface area contributed by atoms with Gasteiger partial charge in [0.15, 0.2) is 0 Å². The zero-order chi connectivity index (χ0) is 19.6. The van der Waals surface area contributed by atoms with Crippen LogP contribution in [0.25, 0.3) is 0 Å². The van der Waals surface area contributed by atoms with E-state index in [-0.39, 0.29) is 40.9 Å². The fourth-order valence-corrected chi connectivity index (χ4v) is 4.67. The molecule has 140 valence electrons. The largest absolute Gasteiger partial charge is 0.335 e. The molecule has 0 aliphatic carbocycles. The van der Waals surface area contributed by atoms with Gasteiger partial charge >= 0.3 is 6.03 Å². The third-order valence-electron chi connectivity index (χ3n) is 5.76. The van der Waals surface area contributed by atoms with E-state index >= 15 is 0 Å². The Kier molecular flexibility index (Phi) is 3.93. The van der Waals surface area contributed by atoms with Gasteiger partial charge in [-0.25, -0.2) is 9.69 Å². The number of amides is 4. The quantitative estimate of drug-likeness (QED) is 0.730. The van der Waals surface area contributed by atoms with E-state index in [4.69, 9.17) is 16.9 Å². The lowest BCUT2D eigenvalue weighted by atomic mass is 10.1. The molecule has 3 fully saturated rings. The molecule has 2 bridgehead atoms. The number of nitriles is 1. The van der Waals surface area contributed by atoms with Crippen molar-refractivity contribution in [2.45, 2.75) is 45.3 Å². The van der Waals surface area contributed by atoms with E-state index in [0.29, 0.717) is 29.8 Å². The van der Waals surface area contributed by atoms with Crippen LogP contribution in [0.2, 0.25) is 5.02 Å². The van der Waals surface area contributed by atoms with Gasteiger partial charge in [-0.05, 0) is 31.0 Å². The zero-order valence-corrected chi connectivity index (χ0v) is 16.0. The van der Waals surface area contributed by atoms with E-state index in [1.165, 1.54) is 6.07 Å².